The first-order valence-corrected chi connectivity index (χ1v) is 4.55. The van der Waals surface area contributed by atoms with E-state index in [1.807, 2.05) is 17.7 Å². The van der Waals surface area contributed by atoms with Crippen LogP contribution in [0.4, 0.5) is 0 Å². The van der Waals surface area contributed by atoms with Crippen LogP contribution >= 0.6 is 0 Å². The molecule has 72 valence electrons. The maximum atomic E-state index is 11.2. The molecule has 0 unspecified atom stereocenters. The van der Waals surface area contributed by atoms with E-state index in [9.17, 15) is 4.79 Å². The predicted molar refractivity (Wildman–Crippen MR) is 50.1 cm³/mol. The molecule has 0 saturated heterocycles. The number of hydrogen-bond donors (Lipinski definition) is 1. The van der Waals surface area contributed by atoms with E-state index in [1.165, 1.54) is 0 Å². The average molecular weight is 181 g/mol. The Labute approximate surface area is 78.0 Å². The second-order valence-electron chi connectivity index (χ2n) is 2.90. The summed E-state index contributed by atoms with van der Waals surface area (Å²) in [5, 5.41) is 2.82. The van der Waals surface area contributed by atoms with E-state index in [-0.39, 0.29) is 5.91 Å². The van der Waals surface area contributed by atoms with Crippen molar-refractivity contribution >= 4 is 5.91 Å². The van der Waals surface area contributed by atoms with Crippen molar-refractivity contribution in [1.82, 2.24) is 14.9 Å². The van der Waals surface area contributed by atoms with E-state index in [4.69, 9.17) is 0 Å². The zero-order chi connectivity index (χ0) is 9.52. The molecule has 0 aromatic carbocycles. The van der Waals surface area contributed by atoms with Gasteiger partial charge in [0.05, 0.1) is 6.33 Å². The molecule has 1 rings (SSSR count). The van der Waals surface area contributed by atoms with Gasteiger partial charge >= 0.3 is 0 Å². The van der Waals surface area contributed by atoms with Crippen LogP contribution in [-0.2, 0) is 11.3 Å². The number of carbonyl (C=O) groups is 1. The highest BCUT2D eigenvalue weighted by molar-refractivity contribution is 5.75. The number of carbonyl (C=O) groups excluding carboxylic acids is 1. The minimum absolute atomic E-state index is 0.107. The van der Waals surface area contributed by atoms with E-state index in [0.29, 0.717) is 13.0 Å². The fraction of sp³-hybridized carbons (Fsp3) is 0.556. The van der Waals surface area contributed by atoms with Gasteiger partial charge in [-0.1, -0.05) is 6.92 Å². The summed E-state index contributed by atoms with van der Waals surface area (Å²) in [5.41, 5.74) is 0. The van der Waals surface area contributed by atoms with Gasteiger partial charge in [-0.05, 0) is 6.42 Å². The summed E-state index contributed by atoms with van der Waals surface area (Å²) in [6.07, 6.45) is 6.79. The fourth-order valence-electron chi connectivity index (χ4n) is 1.00. The lowest BCUT2D eigenvalue weighted by Crippen LogP contribution is -2.24. The highest BCUT2D eigenvalue weighted by Gasteiger charge is 1.99. The van der Waals surface area contributed by atoms with Gasteiger partial charge < -0.3 is 9.88 Å². The van der Waals surface area contributed by atoms with Gasteiger partial charge in [-0.25, -0.2) is 4.98 Å². The first kappa shape index (κ1) is 9.77. The summed E-state index contributed by atoms with van der Waals surface area (Å²) < 4.78 is 1.89. The van der Waals surface area contributed by atoms with Crippen molar-refractivity contribution in [3.05, 3.63) is 18.7 Å². The van der Waals surface area contributed by atoms with Crippen LogP contribution in [0.3, 0.4) is 0 Å². The molecule has 0 fully saturated rings. The van der Waals surface area contributed by atoms with E-state index < -0.39 is 0 Å². The van der Waals surface area contributed by atoms with Crippen LogP contribution in [0.5, 0.6) is 0 Å². The summed E-state index contributed by atoms with van der Waals surface area (Å²) in [5.74, 6) is 0.107. The van der Waals surface area contributed by atoms with Crippen LogP contribution < -0.4 is 5.32 Å². The number of imidazole rings is 1. The van der Waals surface area contributed by atoms with Crippen LogP contribution in [0.1, 0.15) is 19.8 Å². The van der Waals surface area contributed by atoms with Gasteiger partial charge in [0, 0.05) is 31.9 Å². The number of nitrogens with one attached hydrogen (secondary N) is 1. The maximum absolute atomic E-state index is 11.2. The third-order valence-electron chi connectivity index (χ3n) is 1.73. The third kappa shape index (κ3) is 3.73. The molecule has 0 saturated carbocycles. The van der Waals surface area contributed by atoms with Crippen molar-refractivity contribution < 1.29 is 4.79 Å². The zero-order valence-corrected chi connectivity index (χ0v) is 7.86. The van der Waals surface area contributed by atoms with E-state index in [0.717, 1.165) is 13.0 Å². The molecule has 1 aromatic heterocycles. The molecular weight excluding hydrogens is 166 g/mol. The van der Waals surface area contributed by atoms with Crippen molar-refractivity contribution in [3.8, 4) is 0 Å². The van der Waals surface area contributed by atoms with Gasteiger partial charge in [0.2, 0.25) is 5.91 Å². The molecule has 4 heteroatoms. The van der Waals surface area contributed by atoms with Gasteiger partial charge in [-0.15, -0.1) is 0 Å². The third-order valence-corrected chi connectivity index (χ3v) is 1.73. The SMILES string of the molecule is CCCNC(=O)CCn1ccnc1. The lowest BCUT2D eigenvalue weighted by atomic mass is 10.4. The van der Waals surface area contributed by atoms with Crippen molar-refractivity contribution in [2.45, 2.75) is 26.3 Å². The Kier molecular flexibility index (Phi) is 4.02. The first-order valence-electron chi connectivity index (χ1n) is 4.55. The van der Waals surface area contributed by atoms with Crippen molar-refractivity contribution in [2.75, 3.05) is 6.54 Å². The number of amides is 1. The van der Waals surface area contributed by atoms with Crippen molar-refractivity contribution in [3.63, 3.8) is 0 Å². The van der Waals surface area contributed by atoms with Crippen molar-refractivity contribution in [1.29, 1.82) is 0 Å². The molecule has 1 aromatic rings. The minimum Gasteiger partial charge on any atom is -0.356 e. The fourth-order valence-corrected chi connectivity index (χ4v) is 1.00. The molecule has 1 amide bonds. The number of aromatic nitrogens is 2. The molecule has 1 N–H and O–H groups in total. The summed E-state index contributed by atoms with van der Waals surface area (Å²) in [4.78, 5) is 15.0. The number of rotatable bonds is 5. The molecule has 0 aliphatic rings. The van der Waals surface area contributed by atoms with E-state index >= 15 is 0 Å². The van der Waals surface area contributed by atoms with Crippen molar-refractivity contribution in [2.24, 2.45) is 0 Å². The number of nitrogens with zero attached hydrogens (tertiary/aromatic N) is 2. The Morgan fingerprint density at radius 2 is 2.46 bits per heavy atom. The average Bonchev–Trinajstić information content (AvgIpc) is 2.64. The Balaban J connectivity index is 2.15. The first-order chi connectivity index (χ1) is 6.33. The Bertz CT molecular complexity index is 243. The molecule has 1 heterocycles. The highest BCUT2D eigenvalue weighted by atomic mass is 16.1. The second kappa shape index (κ2) is 5.35. The normalized spacial score (nSPS) is 9.92. The maximum Gasteiger partial charge on any atom is 0.221 e. The van der Waals surface area contributed by atoms with Gasteiger partial charge in [0.15, 0.2) is 0 Å². The Morgan fingerprint density at radius 3 is 3.08 bits per heavy atom. The Morgan fingerprint density at radius 1 is 1.62 bits per heavy atom. The molecule has 0 atom stereocenters. The monoisotopic (exact) mass is 181 g/mol. The van der Waals surface area contributed by atoms with Crippen LogP contribution in [0.25, 0.3) is 0 Å². The molecule has 0 aliphatic carbocycles. The molecule has 0 radical (unpaired) electrons. The summed E-state index contributed by atoms with van der Waals surface area (Å²) in [6, 6.07) is 0. The number of aryl methyl sites for hydroxylation is 1. The van der Waals surface area contributed by atoms with Gasteiger partial charge in [-0.3, -0.25) is 4.79 Å². The lowest BCUT2D eigenvalue weighted by molar-refractivity contribution is -0.121. The lowest BCUT2D eigenvalue weighted by Gasteiger charge is -2.03. The minimum atomic E-state index is 0.107. The molecule has 0 bridgehead atoms. The number of hydrogen-bond acceptors (Lipinski definition) is 2. The van der Waals surface area contributed by atoms with Gasteiger partial charge in [0.1, 0.15) is 0 Å². The van der Waals surface area contributed by atoms with E-state index in [1.54, 1.807) is 12.5 Å². The van der Waals surface area contributed by atoms with Crippen LogP contribution in [-0.4, -0.2) is 22.0 Å². The standard InChI is InChI=1S/C9H15N3O/c1-2-4-11-9(13)3-6-12-7-5-10-8-12/h5,7-8H,2-4,6H2,1H3,(H,11,13). The highest BCUT2D eigenvalue weighted by Crippen LogP contribution is 1.90. The molecule has 0 spiro atoms. The molecule has 4 nitrogen and oxygen atoms in total. The molecule has 13 heavy (non-hydrogen) atoms. The smallest absolute Gasteiger partial charge is 0.221 e. The largest absolute Gasteiger partial charge is 0.356 e. The zero-order valence-electron chi connectivity index (χ0n) is 7.86. The summed E-state index contributed by atoms with van der Waals surface area (Å²) in [7, 11) is 0. The van der Waals surface area contributed by atoms with Gasteiger partial charge in [-0.2, -0.15) is 0 Å². The van der Waals surface area contributed by atoms with E-state index in [2.05, 4.69) is 10.3 Å². The second-order valence-corrected chi connectivity index (χ2v) is 2.90. The quantitative estimate of drug-likeness (QED) is 0.730. The topological polar surface area (TPSA) is 46.9 Å². The predicted octanol–water partition coefficient (Wildman–Crippen LogP) is 0.799. The van der Waals surface area contributed by atoms with Crippen LogP contribution in [0.2, 0.25) is 0 Å². The summed E-state index contributed by atoms with van der Waals surface area (Å²) in [6.45, 7) is 3.51. The molecule has 0 aliphatic heterocycles. The van der Waals surface area contributed by atoms with Crippen LogP contribution in [0.15, 0.2) is 18.7 Å². The van der Waals surface area contributed by atoms with Crippen LogP contribution in [0, 0.1) is 0 Å². The molecular formula is C9H15N3O. The van der Waals surface area contributed by atoms with Gasteiger partial charge in [0.25, 0.3) is 0 Å². The summed E-state index contributed by atoms with van der Waals surface area (Å²) >= 11 is 0. The Hall–Kier alpha value is -1.32.